The smallest absolute Gasteiger partial charge is 0.231 e. The van der Waals surface area contributed by atoms with Crippen molar-refractivity contribution in [2.75, 3.05) is 25.5 Å². The SMILES string of the molecule is CC(C)N(C)C1CCN(Cc2cc(Nc3c(Cl)cccc3Cl)c(C[N+](=O)[O-])c(-c3ccccc3Cl)c2)CC1. The van der Waals surface area contributed by atoms with Gasteiger partial charge in [0.15, 0.2) is 0 Å². The number of nitrogens with zero attached hydrogens (tertiary/aromatic N) is 3. The standard InChI is InChI=1S/C29H33Cl3N4O2/c1-19(2)34(3)21-11-13-35(14-12-21)17-20-15-23(22-7-4-5-8-25(22)30)24(18-36(37)38)28(16-20)33-29-26(31)9-6-10-27(29)32/h4-10,15-16,19,21,33H,11-14,17-18H2,1-3H3. The molecule has 0 bridgehead atoms. The van der Waals surface area contributed by atoms with Crippen molar-refractivity contribution in [3.05, 3.63) is 90.9 Å². The molecule has 6 nitrogen and oxygen atoms in total. The van der Waals surface area contributed by atoms with Gasteiger partial charge < -0.3 is 10.2 Å². The highest BCUT2D eigenvalue weighted by Gasteiger charge is 2.25. The van der Waals surface area contributed by atoms with Crippen molar-refractivity contribution in [1.29, 1.82) is 0 Å². The van der Waals surface area contributed by atoms with Gasteiger partial charge in [0, 0.05) is 39.8 Å². The van der Waals surface area contributed by atoms with E-state index >= 15 is 0 Å². The van der Waals surface area contributed by atoms with Crippen LogP contribution in [0.25, 0.3) is 11.1 Å². The van der Waals surface area contributed by atoms with Crippen LogP contribution in [0.1, 0.15) is 37.8 Å². The summed E-state index contributed by atoms with van der Waals surface area (Å²) in [6.45, 7) is 6.78. The van der Waals surface area contributed by atoms with E-state index in [0.717, 1.165) is 49.2 Å². The molecule has 0 unspecified atom stereocenters. The summed E-state index contributed by atoms with van der Waals surface area (Å²) in [6, 6.07) is 17.8. The van der Waals surface area contributed by atoms with Crippen LogP contribution in [0, 0.1) is 10.1 Å². The van der Waals surface area contributed by atoms with E-state index < -0.39 is 0 Å². The van der Waals surface area contributed by atoms with Gasteiger partial charge in [-0.05, 0) is 88.3 Å². The van der Waals surface area contributed by atoms with Crippen LogP contribution in [0.2, 0.25) is 15.1 Å². The normalized spacial score (nSPS) is 14.8. The molecule has 0 aromatic heterocycles. The van der Waals surface area contributed by atoms with Crippen LogP contribution in [0.5, 0.6) is 0 Å². The van der Waals surface area contributed by atoms with Gasteiger partial charge in [0.1, 0.15) is 0 Å². The first kappa shape index (κ1) is 28.7. The Hall–Kier alpha value is -2.35. The number of rotatable bonds is 9. The zero-order valence-electron chi connectivity index (χ0n) is 21.9. The van der Waals surface area contributed by atoms with Gasteiger partial charge in [0.05, 0.1) is 21.3 Å². The van der Waals surface area contributed by atoms with Crippen molar-refractivity contribution >= 4 is 46.2 Å². The van der Waals surface area contributed by atoms with Gasteiger partial charge in [-0.2, -0.15) is 0 Å². The van der Waals surface area contributed by atoms with Crippen LogP contribution in [0.4, 0.5) is 11.4 Å². The van der Waals surface area contributed by atoms with Crippen LogP contribution in [-0.2, 0) is 13.1 Å². The Kier molecular flexibility index (Phi) is 9.55. The lowest BCUT2D eigenvalue weighted by Gasteiger charge is -2.38. The van der Waals surface area contributed by atoms with E-state index in [1.54, 1.807) is 24.3 Å². The van der Waals surface area contributed by atoms with Crippen molar-refractivity contribution in [1.82, 2.24) is 9.80 Å². The maximum atomic E-state index is 11.8. The van der Waals surface area contributed by atoms with Crippen LogP contribution in [0.3, 0.4) is 0 Å². The third-order valence-electron chi connectivity index (χ3n) is 7.34. The number of piperidine rings is 1. The second kappa shape index (κ2) is 12.7. The molecular formula is C29H33Cl3N4O2. The number of anilines is 2. The van der Waals surface area contributed by atoms with Crippen molar-refractivity contribution in [3.8, 4) is 11.1 Å². The molecule has 0 radical (unpaired) electrons. The van der Waals surface area contributed by atoms with Gasteiger partial charge in [-0.3, -0.25) is 15.0 Å². The summed E-state index contributed by atoms with van der Waals surface area (Å²) >= 11 is 19.5. The van der Waals surface area contributed by atoms with E-state index in [-0.39, 0.29) is 11.5 Å². The van der Waals surface area contributed by atoms with Crippen LogP contribution in [-0.4, -0.2) is 46.9 Å². The molecule has 38 heavy (non-hydrogen) atoms. The van der Waals surface area contributed by atoms with E-state index in [4.69, 9.17) is 34.8 Å². The summed E-state index contributed by atoms with van der Waals surface area (Å²) in [5.74, 6) is 0. The van der Waals surface area contributed by atoms with E-state index in [2.05, 4.69) is 36.0 Å². The predicted molar refractivity (Wildman–Crippen MR) is 159 cm³/mol. The molecule has 0 amide bonds. The Labute approximate surface area is 239 Å². The number of hydrogen-bond donors (Lipinski definition) is 1. The lowest BCUT2D eigenvalue weighted by atomic mass is 9.94. The molecule has 0 atom stereocenters. The molecule has 1 N–H and O–H groups in total. The fourth-order valence-electron chi connectivity index (χ4n) is 5.07. The third-order valence-corrected chi connectivity index (χ3v) is 8.30. The van der Waals surface area contributed by atoms with E-state index in [1.807, 2.05) is 30.3 Å². The highest BCUT2D eigenvalue weighted by molar-refractivity contribution is 6.39. The molecule has 1 aliphatic rings. The Morgan fingerprint density at radius 2 is 1.63 bits per heavy atom. The Morgan fingerprint density at radius 3 is 2.24 bits per heavy atom. The lowest BCUT2D eigenvalue weighted by Crippen LogP contribution is -2.45. The third kappa shape index (κ3) is 6.80. The molecular weight excluding hydrogens is 543 g/mol. The maximum absolute atomic E-state index is 11.8. The van der Waals surface area contributed by atoms with E-state index in [1.165, 1.54) is 0 Å². The number of halogens is 3. The van der Waals surface area contributed by atoms with Crippen molar-refractivity contribution in [3.63, 3.8) is 0 Å². The summed E-state index contributed by atoms with van der Waals surface area (Å²) in [5, 5.41) is 16.5. The Bertz CT molecular complexity index is 1270. The fraction of sp³-hybridized carbons (Fsp3) is 0.379. The zero-order valence-corrected chi connectivity index (χ0v) is 24.2. The minimum atomic E-state index is -0.377. The molecule has 3 aromatic carbocycles. The highest BCUT2D eigenvalue weighted by Crippen LogP contribution is 2.40. The predicted octanol–water partition coefficient (Wildman–Crippen LogP) is 8.14. The number of para-hydroxylation sites is 1. The summed E-state index contributed by atoms with van der Waals surface area (Å²) in [5.41, 5.74) is 4.15. The van der Waals surface area contributed by atoms with E-state index in [9.17, 15) is 10.1 Å². The molecule has 9 heteroatoms. The molecule has 1 aliphatic heterocycles. The number of benzene rings is 3. The second-order valence-electron chi connectivity index (χ2n) is 10.1. The molecule has 202 valence electrons. The lowest BCUT2D eigenvalue weighted by molar-refractivity contribution is -0.496. The number of hydrogen-bond acceptors (Lipinski definition) is 5. The minimum absolute atomic E-state index is 0.329. The molecule has 1 saturated heterocycles. The summed E-state index contributed by atoms with van der Waals surface area (Å²) in [6.07, 6.45) is 2.21. The first-order chi connectivity index (χ1) is 18.1. The van der Waals surface area contributed by atoms with Crippen LogP contribution < -0.4 is 5.32 Å². The fourth-order valence-corrected chi connectivity index (χ4v) is 5.80. The van der Waals surface area contributed by atoms with Gasteiger partial charge in [0.2, 0.25) is 6.54 Å². The molecule has 1 fully saturated rings. The average molecular weight is 576 g/mol. The van der Waals surface area contributed by atoms with Crippen molar-refractivity contribution in [2.45, 2.75) is 51.9 Å². The molecule has 1 heterocycles. The first-order valence-electron chi connectivity index (χ1n) is 12.8. The number of nitro groups is 1. The van der Waals surface area contributed by atoms with Gasteiger partial charge in [0.25, 0.3) is 0 Å². The minimum Gasteiger partial charge on any atom is -0.353 e. The van der Waals surface area contributed by atoms with E-state index in [0.29, 0.717) is 44.1 Å². The zero-order chi connectivity index (χ0) is 27.4. The Balaban J connectivity index is 1.74. The monoisotopic (exact) mass is 574 g/mol. The summed E-state index contributed by atoms with van der Waals surface area (Å²) < 4.78 is 0. The maximum Gasteiger partial charge on any atom is 0.231 e. The largest absolute Gasteiger partial charge is 0.353 e. The van der Waals surface area contributed by atoms with Crippen molar-refractivity contribution < 1.29 is 4.92 Å². The molecule has 3 aromatic rings. The first-order valence-corrected chi connectivity index (χ1v) is 13.9. The van der Waals surface area contributed by atoms with Gasteiger partial charge >= 0.3 is 0 Å². The summed E-state index contributed by atoms with van der Waals surface area (Å²) in [4.78, 5) is 16.4. The average Bonchev–Trinajstić information content (AvgIpc) is 2.87. The number of likely N-dealkylation sites (tertiary alicyclic amines) is 1. The molecule has 0 spiro atoms. The molecule has 0 aliphatic carbocycles. The van der Waals surface area contributed by atoms with Crippen LogP contribution in [0.15, 0.2) is 54.6 Å². The topological polar surface area (TPSA) is 61.6 Å². The second-order valence-corrected chi connectivity index (χ2v) is 11.3. The quantitative estimate of drug-likeness (QED) is 0.206. The molecule has 4 rings (SSSR count). The van der Waals surface area contributed by atoms with Gasteiger partial charge in [-0.1, -0.05) is 59.1 Å². The van der Waals surface area contributed by atoms with Crippen molar-refractivity contribution in [2.24, 2.45) is 0 Å². The molecule has 0 saturated carbocycles. The highest BCUT2D eigenvalue weighted by atomic mass is 35.5. The Morgan fingerprint density at radius 1 is 1.00 bits per heavy atom. The summed E-state index contributed by atoms with van der Waals surface area (Å²) in [7, 11) is 2.20. The van der Waals surface area contributed by atoms with Crippen LogP contribution >= 0.6 is 34.8 Å². The number of nitrogens with one attached hydrogen (secondary N) is 1. The van der Waals surface area contributed by atoms with Gasteiger partial charge in [-0.25, -0.2) is 0 Å². The van der Waals surface area contributed by atoms with Gasteiger partial charge in [-0.15, -0.1) is 0 Å².